The number of rotatable bonds is 4. The monoisotopic (exact) mass is 144 g/mol. The van der Waals surface area contributed by atoms with Gasteiger partial charge in [-0.05, 0) is 6.42 Å². The van der Waals surface area contributed by atoms with Crippen LogP contribution >= 0.6 is 0 Å². The topological polar surface area (TPSA) is 72.2 Å². The lowest BCUT2D eigenvalue weighted by atomic mass is 10.2. The van der Waals surface area contributed by atoms with Gasteiger partial charge in [-0.3, -0.25) is 15.0 Å². The fraction of sp³-hybridized carbons (Fsp3) is 0.667. The van der Waals surface area contributed by atoms with Crippen molar-refractivity contribution in [3.8, 4) is 0 Å². The minimum Gasteiger partial charge on any atom is -0.299 e. The average Bonchev–Trinajstić information content (AvgIpc) is 1.88. The molecule has 3 N–H and O–H groups in total. The minimum absolute atomic E-state index is 0.0644. The molecule has 0 fully saturated rings. The van der Waals surface area contributed by atoms with E-state index in [0.717, 1.165) is 6.42 Å². The van der Waals surface area contributed by atoms with E-state index >= 15 is 0 Å². The van der Waals surface area contributed by atoms with Crippen molar-refractivity contribution in [3.05, 3.63) is 0 Å². The summed E-state index contributed by atoms with van der Waals surface area (Å²) in [6.45, 7) is 1.89. The van der Waals surface area contributed by atoms with Gasteiger partial charge in [0.25, 0.3) is 0 Å². The molecular formula is C6H12N2O2. The maximum atomic E-state index is 10.7. The molecule has 0 spiro atoms. The minimum atomic E-state index is -0.418. The van der Waals surface area contributed by atoms with Gasteiger partial charge in [-0.15, -0.1) is 0 Å². The molecule has 1 amide bonds. The Labute approximate surface area is 59.7 Å². The number of nitrogens with two attached hydrogens (primary N) is 1. The van der Waals surface area contributed by atoms with Crippen LogP contribution in [0.25, 0.3) is 0 Å². The Balaban J connectivity index is 3.47. The van der Waals surface area contributed by atoms with Crippen molar-refractivity contribution >= 4 is 11.7 Å². The van der Waals surface area contributed by atoms with Crippen LogP contribution < -0.4 is 11.3 Å². The molecule has 0 radical (unpaired) electrons. The Kier molecular flexibility index (Phi) is 4.49. The first-order valence-corrected chi connectivity index (χ1v) is 3.21. The van der Waals surface area contributed by atoms with E-state index in [9.17, 15) is 9.59 Å². The summed E-state index contributed by atoms with van der Waals surface area (Å²) in [5.41, 5.74) is 1.89. The van der Waals surface area contributed by atoms with Crippen LogP contribution in [0.3, 0.4) is 0 Å². The average molecular weight is 144 g/mol. The molecule has 4 heteroatoms. The molecular weight excluding hydrogens is 132 g/mol. The van der Waals surface area contributed by atoms with E-state index < -0.39 is 5.91 Å². The lowest BCUT2D eigenvalue weighted by molar-refractivity contribution is -0.128. The zero-order valence-corrected chi connectivity index (χ0v) is 6.02. The molecule has 0 heterocycles. The Hall–Kier alpha value is -0.900. The van der Waals surface area contributed by atoms with Crippen LogP contribution in [0.1, 0.15) is 26.2 Å². The van der Waals surface area contributed by atoms with Crippen LogP contribution in [-0.4, -0.2) is 11.7 Å². The Morgan fingerprint density at radius 1 is 1.50 bits per heavy atom. The predicted octanol–water partition coefficient (Wildman–Crippen LogP) is -0.264. The van der Waals surface area contributed by atoms with Gasteiger partial charge in [0.15, 0.2) is 0 Å². The molecule has 0 aromatic carbocycles. The highest BCUT2D eigenvalue weighted by molar-refractivity contribution is 5.97. The highest BCUT2D eigenvalue weighted by Gasteiger charge is 2.05. The summed E-state index contributed by atoms with van der Waals surface area (Å²) < 4.78 is 0. The highest BCUT2D eigenvalue weighted by atomic mass is 16.2. The van der Waals surface area contributed by atoms with Gasteiger partial charge < -0.3 is 0 Å². The predicted molar refractivity (Wildman–Crippen MR) is 36.9 cm³/mol. The van der Waals surface area contributed by atoms with Crippen LogP contribution in [0, 0.1) is 0 Å². The highest BCUT2D eigenvalue weighted by Crippen LogP contribution is 1.92. The Morgan fingerprint density at radius 2 is 2.10 bits per heavy atom. The third kappa shape index (κ3) is 4.03. The number of hydrogen-bond donors (Lipinski definition) is 2. The molecule has 0 rings (SSSR count). The van der Waals surface area contributed by atoms with E-state index in [1.807, 2.05) is 12.3 Å². The van der Waals surface area contributed by atoms with E-state index in [2.05, 4.69) is 0 Å². The number of Topliss-reactive ketones (excluding diaryl/α,β-unsaturated/α-hetero) is 1. The Morgan fingerprint density at radius 3 is 2.50 bits per heavy atom. The fourth-order valence-corrected chi connectivity index (χ4v) is 0.597. The normalized spacial score (nSPS) is 9.00. The summed E-state index contributed by atoms with van der Waals surface area (Å²) in [7, 11) is 0. The van der Waals surface area contributed by atoms with Crippen LogP contribution in [0.15, 0.2) is 0 Å². The molecule has 0 aliphatic carbocycles. The third-order valence-corrected chi connectivity index (χ3v) is 1.05. The smallest absolute Gasteiger partial charge is 0.241 e. The molecule has 0 saturated carbocycles. The molecule has 4 nitrogen and oxygen atoms in total. The Bertz CT molecular complexity index is 134. The van der Waals surface area contributed by atoms with Gasteiger partial charge in [-0.25, -0.2) is 5.84 Å². The summed E-state index contributed by atoms with van der Waals surface area (Å²) in [5.74, 6) is 4.28. The largest absolute Gasteiger partial charge is 0.299 e. The van der Waals surface area contributed by atoms with Crippen molar-refractivity contribution in [1.29, 1.82) is 0 Å². The van der Waals surface area contributed by atoms with Crippen molar-refractivity contribution < 1.29 is 9.59 Å². The van der Waals surface area contributed by atoms with Crippen molar-refractivity contribution in [2.45, 2.75) is 26.2 Å². The van der Waals surface area contributed by atoms with Gasteiger partial charge >= 0.3 is 0 Å². The van der Waals surface area contributed by atoms with Gasteiger partial charge in [0, 0.05) is 6.42 Å². The number of carbonyl (C=O) groups excluding carboxylic acids is 2. The molecule has 0 saturated heterocycles. The second-order valence-electron chi connectivity index (χ2n) is 2.03. The molecule has 0 aromatic rings. The van der Waals surface area contributed by atoms with Gasteiger partial charge in [0.05, 0.1) is 6.42 Å². The van der Waals surface area contributed by atoms with Crippen molar-refractivity contribution in [2.24, 2.45) is 5.84 Å². The first kappa shape index (κ1) is 9.10. The number of hydrogen-bond acceptors (Lipinski definition) is 3. The summed E-state index contributed by atoms with van der Waals surface area (Å²) in [6, 6.07) is 0. The standard InChI is InChI=1S/C6H12N2O2/c1-2-3-5(9)4-6(10)8-7/h2-4,7H2,1H3,(H,8,10). The summed E-state index contributed by atoms with van der Waals surface area (Å²) in [5, 5.41) is 0. The van der Waals surface area contributed by atoms with E-state index in [-0.39, 0.29) is 12.2 Å². The van der Waals surface area contributed by atoms with Crippen LogP contribution in [-0.2, 0) is 9.59 Å². The van der Waals surface area contributed by atoms with Crippen molar-refractivity contribution in [1.82, 2.24) is 5.43 Å². The van der Waals surface area contributed by atoms with Crippen molar-refractivity contribution in [3.63, 3.8) is 0 Å². The first-order valence-electron chi connectivity index (χ1n) is 3.21. The van der Waals surface area contributed by atoms with Crippen LogP contribution in [0.5, 0.6) is 0 Å². The molecule has 0 atom stereocenters. The quantitative estimate of drug-likeness (QED) is 0.247. The molecule has 0 unspecified atom stereocenters. The number of amides is 1. The lowest BCUT2D eigenvalue weighted by Crippen LogP contribution is -2.31. The molecule has 10 heavy (non-hydrogen) atoms. The molecule has 0 aliphatic heterocycles. The molecule has 0 aliphatic rings. The summed E-state index contributed by atoms with van der Waals surface area (Å²) in [6.07, 6.45) is 1.13. The number of nitrogens with one attached hydrogen (secondary N) is 1. The second-order valence-corrected chi connectivity index (χ2v) is 2.03. The molecule has 0 aromatic heterocycles. The zero-order chi connectivity index (χ0) is 7.98. The lowest BCUT2D eigenvalue weighted by Gasteiger charge is -1.95. The fourth-order valence-electron chi connectivity index (χ4n) is 0.597. The maximum absolute atomic E-state index is 10.7. The van der Waals surface area contributed by atoms with Crippen molar-refractivity contribution in [2.75, 3.05) is 0 Å². The SMILES string of the molecule is CCCC(=O)CC(=O)NN. The molecule has 0 bridgehead atoms. The van der Waals surface area contributed by atoms with E-state index in [1.165, 1.54) is 0 Å². The third-order valence-electron chi connectivity index (χ3n) is 1.05. The number of carbonyl (C=O) groups is 2. The van der Waals surface area contributed by atoms with E-state index in [4.69, 9.17) is 5.84 Å². The molecule has 58 valence electrons. The van der Waals surface area contributed by atoms with E-state index in [0.29, 0.717) is 6.42 Å². The summed E-state index contributed by atoms with van der Waals surface area (Å²) >= 11 is 0. The van der Waals surface area contributed by atoms with E-state index in [1.54, 1.807) is 0 Å². The zero-order valence-electron chi connectivity index (χ0n) is 6.02. The van der Waals surface area contributed by atoms with Gasteiger partial charge in [0.2, 0.25) is 5.91 Å². The second kappa shape index (κ2) is 4.93. The van der Waals surface area contributed by atoms with Gasteiger partial charge in [-0.1, -0.05) is 6.92 Å². The summed E-state index contributed by atoms with van der Waals surface area (Å²) in [4.78, 5) is 21.1. The maximum Gasteiger partial charge on any atom is 0.241 e. The first-order chi connectivity index (χ1) is 4.70. The van der Waals surface area contributed by atoms with Crippen LogP contribution in [0.2, 0.25) is 0 Å². The van der Waals surface area contributed by atoms with Gasteiger partial charge in [0.1, 0.15) is 5.78 Å². The number of ketones is 1. The number of hydrazine groups is 1. The van der Waals surface area contributed by atoms with Gasteiger partial charge in [-0.2, -0.15) is 0 Å². The van der Waals surface area contributed by atoms with Crippen LogP contribution in [0.4, 0.5) is 0 Å².